The quantitative estimate of drug-likeness (QED) is 0.790. The first-order valence-electron chi connectivity index (χ1n) is 4.77. The summed E-state index contributed by atoms with van der Waals surface area (Å²) in [5, 5.41) is 11.5. The molecular formula is C11H14FNO2. The summed E-state index contributed by atoms with van der Waals surface area (Å²) in [6.07, 6.45) is 0.378. The minimum absolute atomic E-state index is 0.0541. The molecule has 0 spiro atoms. The Labute approximate surface area is 87.9 Å². The fraction of sp³-hybridized carbons (Fsp3) is 0.364. The predicted octanol–water partition coefficient (Wildman–Crippen LogP) is 1.39. The van der Waals surface area contributed by atoms with Crippen LogP contribution >= 0.6 is 0 Å². The van der Waals surface area contributed by atoms with Gasteiger partial charge in [-0.1, -0.05) is 12.1 Å². The molecule has 0 aliphatic carbocycles. The largest absolute Gasteiger partial charge is 0.396 e. The zero-order valence-corrected chi connectivity index (χ0v) is 8.53. The Balaban J connectivity index is 2.83. The number of benzene rings is 1. The van der Waals surface area contributed by atoms with Gasteiger partial charge in [-0.05, 0) is 24.1 Å². The highest BCUT2D eigenvalue weighted by molar-refractivity contribution is 5.73. The van der Waals surface area contributed by atoms with E-state index in [0.717, 1.165) is 0 Å². The summed E-state index contributed by atoms with van der Waals surface area (Å²) in [7, 11) is 0. The van der Waals surface area contributed by atoms with Crippen molar-refractivity contribution in [3.05, 3.63) is 35.6 Å². The number of halogens is 1. The number of rotatable bonds is 4. The van der Waals surface area contributed by atoms with E-state index in [2.05, 4.69) is 5.32 Å². The van der Waals surface area contributed by atoms with Gasteiger partial charge in [0.15, 0.2) is 0 Å². The highest BCUT2D eigenvalue weighted by Gasteiger charge is 2.12. The van der Waals surface area contributed by atoms with E-state index >= 15 is 0 Å². The van der Waals surface area contributed by atoms with Crippen molar-refractivity contribution in [1.82, 2.24) is 5.32 Å². The fourth-order valence-electron chi connectivity index (χ4n) is 1.42. The van der Waals surface area contributed by atoms with E-state index in [4.69, 9.17) is 5.11 Å². The average molecular weight is 211 g/mol. The molecule has 15 heavy (non-hydrogen) atoms. The molecule has 1 aromatic carbocycles. The Kier molecular flexibility index (Phi) is 4.24. The van der Waals surface area contributed by atoms with Crippen molar-refractivity contribution in [3.63, 3.8) is 0 Å². The summed E-state index contributed by atoms with van der Waals surface area (Å²) < 4.78 is 12.9. The predicted molar refractivity (Wildman–Crippen MR) is 54.7 cm³/mol. The van der Waals surface area contributed by atoms with Crippen molar-refractivity contribution in [2.45, 2.75) is 19.4 Å². The van der Waals surface area contributed by atoms with Crippen LogP contribution in [-0.4, -0.2) is 17.6 Å². The van der Waals surface area contributed by atoms with E-state index in [1.54, 1.807) is 12.1 Å². The van der Waals surface area contributed by atoms with Gasteiger partial charge in [-0.2, -0.15) is 0 Å². The Morgan fingerprint density at radius 2 is 2.33 bits per heavy atom. The Morgan fingerprint density at radius 3 is 2.87 bits per heavy atom. The van der Waals surface area contributed by atoms with Crippen molar-refractivity contribution < 1.29 is 14.3 Å². The van der Waals surface area contributed by atoms with E-state index in [0.29, 0.717) is 12.0 Å². The van der Waals surface area contributed by atoms with Crippen LogP contribution in [0.2, 0.25) is 0 Å². The van der Waals surface area contributed by atoms with Crippen molar-refractivity contribution in [2.24, 2.45) is 0 Å². The molecular weight excluding hydrogens is 197 g/mol. The highest BCUT2D eigenvalue weighted by atomic mass is 19.1. The monoisotopic (exact) mass is 211 g/mol. The maximum atomic E-state index is 12.9. The Morgan fingerprint density at radius 1 is 1.60 bits per heavy atom. The molecule has 0 bridgehead atoms. The van der Waals surface area contributed by atoms with Crippen LogP contribution in [0, 0.1) is 5.82 Å². The zero-order chi connectivity index (χ0) is 11.3. The first-order valence-corrected chi connectivity index (χ1v) is 4.77. The van der Waals surface area contributed by atoms with E-state index < -0.39 is 0 Å². The minimum atomic E-state index is -0.346. The lowest BCUT2D eigenvalue weighted by molar-refractivity contribution is -0.119. The van der Waals surface area contributed by atoms with E-state index in [9.17, 15) is 9.18 Å². The number of nitrogens with one attached hydrogen (secondary N) is 1. The molecule has 82 valence electrons. The lowest BCUT2D eigenvalue weighted by Crippen LogP contribution is -2.26. The van der Waals surface area contributed by atoms with Crippen LogP contribution in [0.15, 0.2) is 24.3 Å². The first kappa shape index (κ1) is 11.7. The molecule has 0 saturated carbocycles. The van der Waals surface area contributed by atoms with Crippen LogP contribution in [0.1, 0.15) is 24.9 Å². The maximum Gasteiger partial charge on any atom is 0.217 e. The van der Waals surface area contributed by atoms with Crippen LogP contribution in [0.4, 0.5) is 4.39 Å². The van der Waals surface area contributed by atoms with Crippen LogP contribution < -0.4 is 5.32 Å². The molecule has 1 atom stereocenters. The second-order valence-electron chi connectivity index (χ2n) is 3.32. The van der Waals surface area contributed by atoms with Crippen molar-refractivity contribution in [1.29, 1.82) is 0 Å². The number of hydrogen-bond acceptors (Lipinski definition) is 2. The van der Waals surface area contributed by atoms with Crippen molar-refractivity contribution in [2.75, 3.05) is 6.61 Å². The van der Waals surface area contributed by atoms with E-state index in [-0.39, 0.29) is 24.4 Å². The number of amides is 1. The average Bonchev–Trinajstić information content (AvgIpc) is 2.16. The van der Waals surface area contributed by atoms with E-state index in [1.807, 2.05) is 0 Å². The van der Waals surface area contributed by atoms with Crippen LogP contribution in [0.5, 0.6) is 0 Å². The number of aliphatic hydroxyl groups is 1. The molecule has 0 aliphatic heterocycles. The third-order valence-electron chi connectivity index (χ3n) is 2.05. The third kappa shape index (κ3) is 3.67. The topological polar surface area (TPSA) is 49.3 Å². The summed E-state index contributed by atoms with van der Waals surface area (Å²) in [4.78, 5) is 10.9. The number of hydrogen-bond donors (Lipinski definition) is 2. The molecule has 1 unspecified atom stereocenters. The van der Waals surface area contributed by atoms with Gasteiger partial charge in [-0.15, -0.1) is 0 Å². The Hall–Kier alpha value is -1.42. The fourth-order valence-corrected chi connectivity index (χ4v) is 1.42. The second kappa shape index (κ2) is 5.46. The van der Waals surface area contributed by atoms with Crippen LogP contribution in [-0.2, 0) is 4.79 Å². The molecule has 0 aromatic heterocycles. The lowest BCUT2D eigenvalue weighted by Gasteiger charge is -2.17. The number of aliphatic hydroxyl groups excluding tert-OH is 1. The van der Waals surface area contributed by atoms with Crippen LogP contribution in [0.25, 0.3) is 0 Å². The van der Waals surface area contributed by atoms with Gasteiger partial charge >= 0.3 is 0 Å². The van der Waals surface area contributed by atoms with Gasteiger partial charge in [0, 0.05) is 13.5 Å². The van der Waals surface area contributed by atoms with Gasteiger partial charge in [0.2, 0.25) is 5.91 Å². The van der Waals surface area contributed by atoms with E-state index in [1.165, 1.54) is 19.1 Å². The molecule has 0 saturated heterocycles. The first-order chi connectivity index (χ1) is 7.13. The molecule has 0 radical (unpaired) electrons. The van der Waals surface area contributed by atoms with Crippen molar-refractivity contribution >= 4 is 5.91 Å². The summed E-state index contributed by atoms with van der Waals surface area (Å²) in [5.74, 6) is -0.543. The van der Waals surface area contributed by atoms with Gasteiger partial charge in [0.05, 0.1) is 6.04 Å². The lowest BCUT2D eigenvalue weighted by atomic mass is 10.0. The number of carbonyl (C=O) groups excluding carboxylic acids is 1. The second-order valence-corrected chi connectivity index (χ2v) is 3.32. The molecule has 1 rings (SSSR count). The van der Waals surface area contributed by atoms with Gasteiger partial charge in [-0.25, -0.2) is 4.39 Å². The summed E-state index contributed by atoms with van der Waals surface area (Å²) in [6.45, 7) is 1.34. The minimum Gasteiger partial charge on any atom is -0.396 e. The van der Waals surface area contributed by atoms with Crippen LogP contribution in [0.3, 0.4) is 0 Å². The molecule has 2 N–H and O–H groups in total. The molecule has 1 amide bonds. The number of carbonyl (C=O) groups is 1. The van der Waals surface area contributed by atoms with Crippen molar-refractivity contribution in [3.8, 4) is 0 Å². The molecule has 4 heteroatoms. The SMILES string of the molecule is CC(=O)NC(CCO)c1cccc(F)c1. The summed E-state index contributed by atoms with van der Waals surface area (Å²) >= 11 is 0. The summed E-state index contributed by atoms with van der Waals surface area (Å²) in [5.41, 5.74) is 0.666. The normalized spacial score (nSPS) is 12.2. The summed E-state index contributed by atoms with van der Waals surface area (Å²) in [6, 6.07) is 5.67. The van der Waals surface area contributed by atoms with Gasteiger partial charge < -0.3 is 10.4 Å². The molecule has 0 fully saturated rings. The van der Waals surface area contributed by atoms with Gasteiger partial charge in [0.1, 0.15) is 5.82 Å². The Bertz CT molecular complexity index is 341. The zero-order valence-electron chi connectivity index (χ0n) is 8.53. The highest BCUT2D eigenvalue weighted by Crippen LogP contribution is 2.17. The smallest absolute Gasteiger partial charge is 0.217 e. The standard InChI is InChI=1S/C11H14FNO2/c1-8(15)13-11(5-6-14)9-3-2-4-10(12)7-9/h2-4,7,11,14H,5-6H2,1H3,(H,13,15). The molecule has 0 aliphatic rings. The molecule has 0 heterocycles. The van der Waals surface area contributed by atoms with Gasteiger partial charge in [-0.3, -0.25) is 4.79 Å². The maximum absolute atomic E-state index is 12.9. The molecule has 3 nitrogen and oxygen atoms in total. The molecule has 1 aromatic rings. The third-order valence-corrected chi connectivity index (χ3v) is 2.05. The van der Waals surface area contributed by atoms with Gasteiger partial charge in [0.25, 0.3) is 0 Å².